The van der Waals surface area contributed by atoms with Gasteiger partial charge in [-0.15, -0.1) is 0 Å². The Bertz CT molecular complexity index is 307. The molecule has 2 heteroatoms. The minimum Gasteiger partial charge on any atom is -0.494 e. The van der Waals surface area contributed by atoms with Crippen molar-refractivity contribution in [1.29, 1.82) is 0 Å². The monoisotopic (exact) mass is 249 g/mol. The number of hydrogen-bond acceptors (Lipinski definition) is 2. The number of hydrogen-bond donors (Lipinski definition) is 1. The predicted octanol–water partition coefficient (Wildman–Crippen LogP) is 4.71. The lowest BCUT2D eigenvalue weighted by Crippen LogP contribution is -2.13. The van der Waals surface area contributed by atoms with Crippen molar-refractivity contribution in [1.82, 2.24) is 0 Å². The van der Waals surface area contributed by atoms with Gasteiger partial charge in [0.25, 0.3) is 0 Å². The van der Waals surface area contributed by atoms with Crippen molar-refractivity contribution in [2.75, 3.05) is 18.5 Å². The van der Waals surface area contributed by atoms with Crippen molar-refractivity contribution in [2.45, 2.75) is 46.5 Å². The number of anilines is 1. The molecule has 0 saturated heterocycles. The summed E-state index contributed by atoms with van der Waals surface area (Å²) in [5.74, 6) is 1.73. The van der Waals surface area contributed by atoms with Crippen molar-refractivity contribution in [3.63, 3.8) is 0 Å². The Morgan fingerprint density at radius 1 is 1.11 bits per heavy atom. The van der Waals surface area contributed by atoms with Crippen LogP contribution in [0.3, 0.4) is 0 Å². The Labute approximate surface area is 112 Å². The number of benzene rings is 1. The Morgan fingerprint density at radius 3 is 2.39 bits per heavy atom. The van der Waals surface area contributed by atoms with Crippen molar-refractivity contribution in [2.24, 2.45) is 5.92 Å². The van der Waals surface area contributed by atoms with E-state index in [1.165, 1.54) is 31.4 Å². The third-order valence-electron chi connectivity index (χ3n) is 3.30. The van der Waals surface area contributed by atoms with E-state index < -0.39 is 0 Å². The van der Waals surface area contributed by atoms with Crippen molar-refractivity contribution in [3.05, 3.63) is 24.3 Å². The summed E-state index contributed by atoms with van der Waals surface area (Å²) in [7, 11) is 0. The largest absolute Gasteiger partial charge is 0.494 e. The highest BCUT2D eigenvalue weighted by atomic mass is 16.5. The molecule has 1 aromatic carbocycles. The van der Waals surface area contributed by atoms with Crippen molar-refractivity contribution < 1.29 is 4.74 Å². The summed E-state index contributed by atoms with van der Waals surface area (Å²) >= 11 is 0. The number of nitrogens with one attached hydrogen (secondary N) is 1. The van der Waals surface area contributed by atoms with E-state index in [1.54, 1.807) is 0 Å². The van der Waals surface area contributed by atoms with Crippen LogP contribution in [-0.2, 0) is 0 Å². The summed E-state index contributed by atoms with van der Waals surface area (Å²) in [4.78, 5) is 0. The van der Waals surface area contributed by atoms with E-state index in [2.05, 4.69) is 31.3 Å². The van der Waals surface area contributed by atoms with Gasteiger partial charge in [0.15, 0.2) is 0 Å². The van der Waals surface area contributed by atoms with Crippen LogP contribution in [0, 0.1) is 5.92 Å². The summed E-state index contributed by atoms with van der Waals surface area (Å²) in [6, 6.07) is 8.24. The molecule has 102 valence electrons. The molecular weight excluding hydrogens is 222 g/mol. The molecule has 0 heterocycles. The summed E-state index contributed by atoms with van der Waals surface area (Å²) in [6.45, 7) is 8.34. The van der Waals surface area contributed by atoms with Gasteiger partial charge in [0.2, 0.25) is 0 Å². The van der Waals surface area contributed by atoms with E-state index in [0.29, 0.717) is 0 Å². The Hall–Kier alpha value is -1.18. The number of unbranched alkanes of at least 4 members (excludes halogenated alkanes) is 1. The van der Waals surface area contributed by atoms with E-state index in [1.807, 2.05) is 19.1 Å². The number of ether oxygens (including phenoxy) is 1. The molecule has 0 saturated carbocycles. The molecule has 0 radical (unpaired) electrons. The van der Waals surface area contributed by atoms with Crippen LogP contribution >= 0.6 is 0 Å². The highest BCUT2D eigenvalue weighted by Gasteiger charge is 2.05. The molecule has 0 spiro atoms. The van der Waals surface area contributed by atoms with E-state index in [4.69, 9.17) is 4.74 Å². The van der Waals surface area contributed by atoms with E-state index in [-0.39, 0.29) is 0 Å². The fourth-order valence-corrected chi connectivity index (χ4v) is 2.04. The second-order valence-corrected chi connectivity index (χ2v) is 4.75. The topological polar surface area (TPSA) is 21.3 Å². The third kappa shape index (κ3) is 5.44. The normalized spacial score (nSPS) is 12.2. The molecule has 0 aliphatic rings. The zero-order valence-electron chi connectivity index (χ0n) is 12.0. The first-order valence-corrected chi connectivity index (χ1v) is 7.26. The first-order valence-electron chi connectivity index (χ1n) is 7.26. The molecule has 1 atom stereocenters. The summed E-state index contributed by atoms with van der Waals surface area (Å²) < 4.78 is 5.43. The van der Waals surface area contributed by atoms with Gasteiger partial charge in [-0.2, -0.15) is 0 Å². The van der Waals surface area contributed by atoms with Crippen LogP contribution < -0.4 is 10.1 Å². The molecule has 0 fully saturated rings. The average molecular weight is 249 g/mol. The predicted molar refractivity (Wildman–Crippen MR) is 79.4 cm³/mol. The lowest BCUT2D eigenvalue weighted by atomic mass is 9.99. The zero-order chi connectivity index (χ0) is 13.2. The molecule has 18 heavy (non-hydrogen) atoms. The van der Waals surface area contributed by atoms with Crippen LogP contribution in [0.5, 0.6) is 5.75 Å². The molecule has 0 aromatic heterocycles. The summed E-state index contributed by atoms with van der Waals surface area (Å²) in [5.41, 5.74) is 1.19. The third-order valence-corrected chi connectivity index (χ3v) is 3.30. The fraction of sp³-hybridized carbons (Fsp3) is 0.625. The van der Waals surface area contributed by atoms with Crippen molar-refractivity contribution >= 4 is 5.69 Å². The molecule has 2 nitrogen and oxygen atoms in total. The zero-order valence-corrected chi connectivity index (χ0v) is 12.0. The molecule has 1 aromatic rings. The van der Waals surface area contributed by atoms with Gasteiger partial charge in [-0.3, -0.25) is 0 Å². The van der Waals surface area contributed by atoms with Gasteiger partial charge in [-0.25, -0.2) is 0 Å². The van der Waals surface area contributed by atoms with Gasteiger partial charge in [-0.1, -0.05) is 33.1 Å². The molecular formula is C16H27NO. The first-order chi connectivity index (χ1) is 8.80. The van der Waals surface area contributed by atoms with Crippen LogP contribution in [-0.4, -0.2) is 13.2 Å². The van der Waals surface area contributed by atoms with Gasteiger partial charge in [0, 0.05) is 12.2 Å². The molecule has 0 aliphatic heterocycles. The Morgan fingerprint density at radius 2 is 1.83 bits per heavy atom. The average Bonchev–Trinajstić information content (AvgIpc) is 2.41. The maximum Gasteiger partial charge on any atom is 0.119 e. The smallest absolute Gasteiger partial charge is 0.119 e. The lowest BCUT2D eigenvalue weighted by Gasteiger charge is -2.16. The van der Waals surface area contributed by atoms with Crippen LogP contribution in [0.4, 0.5) is 5.69 Å². The minimum absolute atomic E-state index is 0.724. The van der Waals surface area contributed by atoms with Gasteiger partial charge in [-0.05, 0) is 43.5 Å². The molecule has 0 aliphatic carbocycles. The van der Waals surface area contributed by atoms with E-state index in [0.717, 1.165) is 24.8 Å². The minimum atomic E-state index is 0.724. The van der Waals surface area contributed by atoms with Crippen LogP contribution in [0.15, 0.2) is 24.3 Å². The van der Waals surface area contributed by atoms with Crippen molar-refractivity contribution in [3.8, 4) is 5.75 Å². The Balaban J connectivity index is 2.37. The maximum absolute atomic E-state index is 5.43. The van der Waals surface area contributed by atoms with E-state index >= 15 is 0 Å². The summed E-state index contributed by atoms with van der Waals surface area (Å²) in [6.07, 6.45) is 5.21. The van der Waals surface area contributed by atoms with Crippen LogP contribution in [0.1, 0.15) is 46.5 Å². The van der Waals surface area contributed by atoms with Gasteiger partial charge < -0.3 is 10.1 Å². The molecule has 1 rings (SSSR count). The van der Waals surface area contributed by atoms with Gasteiger partial charge >= 0.3 is 0 Å². The van der Waals surface area contributed by atoms with Crippen LogP contribution in [0.25, 0.3) is 0 Å². The summed E-state index contributed by atoms with van der Waals surface area (Å²) in [5, 5.41) is 3.52. The SMILES string of the molecule is CCCCC(CC)CNc1ccc(OCC)cc1. The highest BCUT2D eigenvalue weighted by molar-refractivity contribution is 5.46. The lowest BCUT2D eigenvalue weighted by molar-refractivity contribution is 0.340. The first kappa shape index (κ1) is 14.9. The highest BCUT2D eigenvalue weighted by Crippen LogP contribution is 2.18. The van der Waals surface area contributed by atoms with Crippen LogP contribution in [0.2, 0.25) is 0 Å². The molecule has 1 unspecified atom stereocenters. The quantitative estimate of drug-likeness (QED) is 0.684. The second kappa shape index (κ2) is 8.84. The van der Waals surface area contributed by atoms with Gasteiger partial charge in [0.1, 0.15) is 5.75 Å². The maximum atomic E-state index is 5.43. The molecule has 0 bridgehead atoms. The standard InChI is InChI=1S/C16H27NO/c1-4-7-8-14(5-2)13-17-15-9-11-16(12-10-15)18-6-3/h9-12,14,17H,4-8,13H2,1-3H3. The molecule has 1 N–H and O–H groups in total. The van der Waals surface area contributed by atoms with Gasteiger partial charge in [0.05, 0.1) is 6.61 Å². The number of rotatable bonds is 9. The second-order valence-electron chi connectivity index (χ2n) is 4.75. The Kier molecular flexibility index (Phi) is 7.31. The fourth-order valence-electron chi connectivity index (χ4n) is 2.04. The molecule has 0 amide bonds. The van der Waals surface area contributed by atoms with E-state index in [9.17, 15) is 0 Å².